The van der Waals surface area contributed by atoms with Crippen LogP contribution in [0.3, 0.4) is 0 Å². The number of rotatable bonds is 9. The number of fused-ring (bicyclic) bond motifs is 4. The molecule has 1 aromatic heterocycles. The summed E-state index contributed by atoms with van der Waals surface area (Å²) in [7, 11) is 6.54. The van der Waals surface area contributed by atoms with Gasteiger partial charge in [-0.2, -0.15) is 0 Å². The molecular weight excluding hydrogens is 548 g/mol. The summed E-state index contributed by atoms with van der Waals surface area (Å²) in [6.07, 6.45) is 5.26. The highest BCUT2D eigenvalue weighted by molar-refractivity contribution is 9.10. The van der Waals surface area contributed by atoms with Crippen LogP contribution in [-0.2, 0) is 6.54 Å². The lowest BCUT2D eigenvalue weighted by atomic mass is 9.71. The van der Waals surface area contributed by atoms with Gasteiger partial charge in [0.1, 0.15) is 24.4 Å². The van der Waals surface area contributed by atoms with Crippen LogP contribution in [-0.4, -0.2) is 62.1 Å². The maximum Gasteiger partial charge on any atom is 0.204 e. The second-order valence-corrected chi connectivity index (χ2v) is 11.2. The van der Waals surface area contributed by atoms with Crippen LogP contribution in [0, 0.1) is 11.8 Å². The number of nitrogens with zero attached hydrogens (tertiary/aromatic N) is 2. The van der Waals surface area contributed by atoms with E-state index in [0.29, 0.717) is 35.6 Å². The highest BCUT2D eigenvalue weighted by atomic mass is 79.9. The molecule has 2 bridgehead atoms. The Kier molecular flexibility index (Phi) is 7.58. The number of benzene rings is 2. The first-order valence-corrected chi connectivity index (χ1v) is 13.7. The van der Waals surface area contributed by atoms with Crippen molar-refractivity contribution in [3.8, 4) is 23.0 Å². The van der Waals surface area contributed by atoms with Crippen LogP contribution in [0.2, 0.25) is 0 Å². The van der Waals surface area contributed by atoms with Gasteiger partial charge >= 0.3 is 0 Å². The summed E-state index contributed by atoms with van der Waals surface area (Å²) in [5.41, 5.74) is 2.80. The number of aromatic nitrogens is 1. The molecule has 6 rings (SSSR count). The smallest absolute Gasteiger partial charge is 0.204 e. The topological polar surface area (TPSA) is 70.0 Å². The highest BCUT2D eigenvalue weighted by Crippen LogP contribution is 2.51. The Morgan fingerprint density at radius 3 is 2.58 bits per heavy atom. The molecule has 0 saturated carbocycles. The number of quaternary nitrogens is 1. The Labute approximate surface area is 232 Å². The molecule has 0 amide bonds. The number of methoxy groups -OCH3 is 4. The van der Waals surface area contributed by atoms with E-state index < -0.39 is 6.10 Å². The van der Waals surface area contributed by atoms with Crippen molar-refractivity contribution in [1.29, 1.82) is 0 Å². The summed E-state index contributed by atoms with van der Waals surface area (Å²) >= 11 is 3.80. The van der Waals surface area contributed by atoms with Crippen LogP contribution in [0.4, 0.5) is 0 Å². The van der Waals surface area contributed by atoms with E-state index >= 15 is 0 Å². The fourth-order valence-corrected chi connectivity index (χ4v) is 7.33. The van der Waals surface area contributed by atoms with Gasteiger partial charge < -0.3 is 28.5 Å². The summed E-state index contributed by atoms with van der Waals surface area (Å²) in [5, 5.41) is 13.0. The van der Waals surface area contributed by atoms with Crippen molar-refractivity contribution in [1.82, 2.24) is 4.98 Å². The Morgan fingerprint density at radius 1 is 1.11 bits per heavy atom. The van der Waals surface area contributed by atoms with Crippen molar-refractivity contribution >= 4 is 26.8 Å². The molecule has 5 atom stereocenters. The molecule has 0 aliphatic carbocycles. The average Bonchev–Trinajstić information content (AvgIpc) is 2.96. The molecule has 0 radical (unpaired) electrons. The molecule has 8 heteroatoms. The highest BCUT2D eigenvalue weighted by Gasteiger charge is 2.54. The fourth-order valence-electron chi connectivity index (χ4n) is 6.75. The van der Waals surface area contributed by atoms with Crippen molar-refractivity contribution in [3.63, 3.8) is 0 Å². The third kappa shape index (κ3) is 4.42. The zero-order valence-electron chi connectivity index (χ0n) is 22.4. The van der Waals surface area contributed by atoms with Crippen molar-refractivity contribution in [2.24, 2.45) is 11.8 Å². The van der Waals surface area contributed by atoms with Crippen molar-refractivity contribution in [3.05, 3.63) is 64.8 Å². The van der Waals surface area contributed by atoms with E-state index in [2.05, 4.69) is 33.6 Å². The second-order valence-electron chi connectivity index (χ2n) is 10.4. The number of hydrogen-bond acceptors (Lipinski definition) is 6. The SMILES string of the molecule is C=CC1C[N+]2(Cc3cc(OC)c(OC)c(OC)c3Br)CCC1C[C@H]2[C@H](O)c1ccnc2ccc(OC)cc12. The standard InChI is InChI=1S/C30H36BrN2O5/c1-6-18-16-33(17-20-14-26(36-3)29(37-4)30(38-5)27(20)31)12-10-19(18)13-25(33)28(34)22-9-11-32-24-8-7-21(35-2)15-23(22)24/h6-9,11,14-15,18-19,25,28,34H,1,10,12-13,16-17H2,2-5H3/q+1/t18?,19?,25-,28+,33?/m0/s1. The molecule has 3 fully saturated rings. The van der Waals surface area contributed by atoms with Crippen LogP contribution >= 0.6 is 15.9 Å². The van der Waals surface area contributed by atoms with Crippen LogP contribution in [0.1, 0.15) is 30.1 Å². The zero-order valence-corrected chi connectivity index (χ0v) is 24.0. The largest absolute Gasteiger partial charge is 0.497 e. The predicted molar refractivity (Wildman–Crippen MR) is 151 cm³/mol. The minimum absolute atomic E-state index is 0.00717. The molecular formula is C30H36BrN2O5+. The Hall–Kier alpha value is -2.81. The number of hydrogen-bond donors (Lipinski definition) is 1. The predicted octanol–water partition coefficient (Wildman–Crippen LogP) is 5.68. The summed E-state index contributed by atoms with van der Waals surface area (Å²) < 4.78 is 24.1. The van der Waals surface area contributed by atoms with Gasteiger partial charge in [-0.25, -0.2) is 0 Å². The van der Waals surface area contributed by atoms with Crippen LogP contribution < -0.4 is 18.9 Å². The van der Waals surface area contributed by atoms with E-state index in [1.54, 1.807) is 34.6 Å². The number of ether oxygens (including phenoxy) is 4. The molecule has 202 valence electrons. The van der Waals surface area contributed by atoms with Gasteiger partial charge in [0.15, 0.2) is 11.5 Å². The molecule has 7 nitrogen and oxygen atoms in total. The normalized spacial score (nSPS) is 25.2. The lowest BCUT2D eigenvalue weighted by Crippen LogP contribution is -2.67. The van der Waals surface area contributed by atoms with Crippen LogP contribution in [0.5, 0.6) is 23.0 Å². The third-order valence-electron chi connectivity index (χ3n) is 8.67. The van der Waals surface area contributed by atoms with Gasteiger partial charge in [0, 0.05) is 35.9 Å². The monoisotopic (exact) mass is 583 g/mol. The van der Waals surface area contributed by atoms with E-state index in [4.69, 9.17) is 18.9 Å². The first kappa shape index (κ1) is 26.8. The Bertz CT molecular complexity index is 1350. The molecule has 2 aromatic carbocycles. The minimum Gasteiger partial charge on any atom is -0.497 e. The molecule has 3 aliphatic rings. The average molecular weight is 585 g/mol. The molecule has 0 spiro atoms. The number of halogens is 1. The Balaban J connectivity index is 1.60. The maximum absolute atomic E-state index is 12.1. The molecule has 1 N–H and O–H groups in total. The molecule has 38 heavy (non-hydrogen) atoms. The lowest BCUT2D eigenvalue weighted by molar-refractivity contribution is -0.985. The zero-order chi connectivity index (χ0) is 27.0. The molecule has 3 aromatic rings. The summed E-state index contributed by atoms with van der Waals surface area (Å²) in [6.45, 7) is 6.77. The van der Waals surface area contributed by atoms with Gasteiger partial charge in [-0.05, 0) is 57.7 Å². The number of pyridine rings is 1. The van der Waals surface area contributed by atoms with Crippen molar-refractivity contribution in [2.45, 2.75) is 31.5 Å². The van der Waals surface area contributed by atoms with E-state index in [1.807, 2.05) is 30.3 Å². The van der Waals surface area contributed by atoms with Crippen LogP contribution in [0.15, 0.2) is 53.7 Å². The number of aliphatic hydroxyl groups is 1. The van der Waals surface area contributed by atoms with Gasteiger partial charge in [0.05, 0.1) is 51.5 Å². The quantitative estimate of drug-likeness (QED) is 0.258. The van der Waals surface area contributed by atoms with Gasteiger partial charge in [0.25, 0.3) is 0 Å². The summed E-state index contributed by atoms with van der Waals surface area (Å²) in [4.78, 5) is 4.54. The van der Waals surface area contributed by atoms with Crippen molar-refractivity contribution in [2.75, 3.05) is 41.5 Å². The minimum atomic E-state index is -0.665. The van der Waals surface area contributed by atoms with Gasteiger partial charge in [-0.15, -0.1) is 6.58 Å². The fraction of sp³-hybridized carbons (Fsp3) is 0.433. The first-order valence-electron chi connectivity index (χ1n) is 13.0. The molecule has 3 saturated heterocycles. The number of aliphatic hydroxyl groups excluding tert-OH is 1. The van der Waals surface area contributed by atoms with Crippen LogP contribution in [0.25, 0.3) is 10.9 Å². The second kappa shape index (κ2) is 10.8. The van der Waals surface area contributed by atoms with Gasteiger partial charge in [0.2, 0.25) is 5.75 Å². The first-order chi connectivity index (χ1) is 18.4. The Morgan fingerprint density at radius 2 is 1.89 bits per heavy atom. The third-order valence-corrected chi connectivity index (χ3v) is 9.54. The maximum atomic E-state index is 12.1. The van der Waals surface area contributed by atoms with Crippen molar-refractivity contribution < 1.29 is 28.5 Å². The summed E-state index contributed by atoms with van der Waals surface area (Å²) in [5.74, 6) is 3.45. The van der Waals surface area contributed by atoms with E-state index in [1.165, 1.54) is 0 Å². The van der Waals surface area contributed by atoms with Gasteiger partial charge in [-0.1, -0.05) is 6.08 Å². The van der Waals surface area contributed by atoms with E-state index in [-0.39, 0.29) is 6.04 Å². The van der Waals surface area contributed by atoms with E-state index in [0.717, 1.165) is 62.7 Å². The lowest BCUT2D eigenvalue weighted by Gasteiger charge is -2.58. The summed E-state index contributed by atoms with van der Waals surface area (Å²) in [6, 6.07) is 9.81. The number of piperidine rings is 3. The van der Waals surface area contributed by atoms with Gasteiger partial charge in [-0.3, -0.25) is 4.98 Å². The van der Waals surface area contributed by atoms with E-state index in [9.17, 15) is 5.11 Å². The molecule has 4 heterocycles. The molecule has 3 unspecified atom stereocenters. The molecule has 3 aliphatic heterocycles.